The van der Waals surface area contributed by atoms with Crippen LogP contribution in [0.4, 0.5) is 0 Å². The molecule has 24 heavy (non-hydrogen) atoms. The van der Waals surface area contributed by atoms with Crippen LogP contribution in [-0.2, 0) is 14.3 Å². The van der Waals surface area contributed by atoms with Crippen LogP contribution in [0.25, 0.3) is 0 Å². The summed E-state index contributed by atoms with van der Waals surface area (Å²) in [6.07, 6.45) is 3.57. The first-order valence-corrected chi connectivity index (χ1v) is 8.72. The first-order chi connectivity index (χ1) is 11.5. The molecule has 2 rings (SSSR count). The second-order valence-electron chi connectivity index (χ2n) is 6.23. The van der Waals surface area contributed by atoms with Crippen LogP contribution in [-0.4, -0.2) is 30.6 Å². The van der Waals surface area contributed by atoms with Crippen molar-refractivity contribution >= 4 is 23.5 Å². The van der Waals surface area contributed by atoms with Crippen LogP contribution in [0, 0.1) is 5.92 Å². The summed E-state index contributed by atoms with van der Waals surface area (Å²) < 4.78 is 10.4. The molecule has 0 bridgehead atoms. The van der Waals surface area contributed by atoms with Gasteiger partial charge in [-0.1, -0.05) is 43.5 Å². The monoisotopic (exact) mass is 353 g/mol. The average molecular weight is 354 g/mol. The fourth-order valence-corrected chi connectivity index (χ4v) is 3.00. The number of hydrogen-bond donors (Lipinski definition) is 1. The molecule has 3 atom stereocenters. The summed E-state index contributed by atoms with van der Waals surface area (Å²) in [5.74, 6) is -0.00693. The quantitative estimate of drug-likeness (QED) is 0.796. The fourth-order valence-electron chi connectivity index (χ4n) is 2.81. The van der Waals surface area contributed by atoms with Crippen LogP contribution in [0.2, 0.25) is 5.02 Å². The van der Waals surface area contributed by atoms with Gasteiger partial charge in [-0.05, 0) is 37.8 Å². The minimum absolute atomic E-state index is 0.159. The maximum Gasteiger partial charge on any atom is 0.344 e. The van der Waals surface area contributed by atoms with Crippen molar-refractivity contribution in [3.63, 3.8) is 0 Å². The zero-order chi connectivity index (χ0) is 17.5. The van der Waals surface area contributed by atoms with Gasteiger partial charge >= 0.3 is 5.97 Å². The second-order valence-corrected chi connectivity index (χ2v) is 6.64. The smallest absolute Gasteiger partial charge is 0.344 e. The van der Waals surface area contributed by atoms with E-state index in [4.69, 9.17) is 21.1 Å². The minimum Gasteiger partial charge on any atom is -0.480 e. The molecule has 1 aliphatic carbocycles. The van der Waals surface area contributed by atoms with E-state index in [0.717, 1.165) is 19.3 Å². The van der Waals surface area contributed by atoms with E-state index in [9.17, 15) is 9.59 Å². The Labute approximate surface area is 147 Å². The van der Waals surface area contributed by atoms with Crippen LogP contribution >= 0.6 is 11.6 Å². The highest BCUT2D eigenvalue weighted by atomic mass is 35.5. The SMILES string of the molecule is C[C@@H]1CCCC[C@H]1NC(=O)[C@@H](C)OC(=O)COc1ccccc1Cl. The van der Waals surface area contributed by atoms with Crippen molar-refractivity contribution in [2.24, 2.45) is 5.92 Å². The fraction of sp³-hybridized carbons (Fsp3) is 0.556. The standard InChI is InChI=1S/C18H24ClNO4/c1-12-7-3-5-9-15(12)20-18(22)13(2)24-17(21)11-23-16-10-6-4-8-14(16)19/h4,6,8,10,12-13,15H,3,5,7,9,11H2,1-2H3,(H,20,22)/t12-,13-,15-/m1/s1. The Morgan fingerprint density at radius 2 is 2.00 bits per heavy atom. The highest BCUT2D eigenvalue weighted by Crippen LogP contribution is 2.24. The molecule has 1 aliphatic rings. The van der Waals surface area contributed by atoms with E-state index in [1.807, 2.05) is 0 Å². The van der Waals surface area contributed by atoms with Crippen molar-refractivity contribution in [3.8, 4) is 5.75 Å². The maximum atomic E-state index is 12.2. The van der Waals surface area contributed by atoms with Crippen molar-refractivity contribution in [1.82, 2.24) is 5.32 Å². The Morgan fingerprint density at radius 3 is 2.71 bits per heavy atom. The van der Waals surface area contributed by atoms with Crippen molar-refractivity contribution < 1.29 is 19.1 Å². The molecule has 1 aromatic rings. The lowest BCUT2D eigenvalue weighted by molar-refractivity contribution is -0.157. The summed E-state index contributed by atoms with van der Waals surface area (Å²) in [5.41, 5.74) is 0. The number of carbonyl (C=O) groups excluding carboxylic acids is 2. The maximum absolute atomic E-state index is 12.2. The third-order valence-corrected chi connectivity index (χ3v) is 4.61. The summed E-state index contributed by atoms with van der Waals surface area (Å²) in [6, 6.07) is 7.02. The van der Waals surface area contributed by atoms with E-state index in [1.165, 1.54) is 6.42 Å². The first-order valence-electron chi connectivity index (χ1n) is 8.34. The third-order valence-electron chi connectivity index (χ3n) is 4.30. The molecule has 1 amide bonds. The van der Waals surface area contributed by atoms with E-state index in [-0.39, 0.29) is 18.6 Å². The third kappa shape index (κ3) is 5.41. The van der Waals surface area contributed by atoms with Crippen molar-refractivity contribution in [2.45, 2.75) is 51.7 Å². The van der Waals surface area contributed by atoms with E-state index in [1.54, 1.807) is 31.2 Å². The molecule has 0 radical (unpaired) electrons. The zero-order valence-corrected chi connectivity index (χ0v) is 14.8. The van der Waals surface area contributed by atoms with Gasteiger partial charge in [-0.2, -0.15) is 0 Å². The molecular formula is C18H24ClNO4. The van der Waals surface area contributed by atoms with Crippen LogP contribution in [0.3, 0.4) is 0 Å². The lowest BCUT2D eigenvalue weighted by Gasteiger charge is -2.30. The van der Waals surface area contributed by atoms with Gasteiger partial charge in [0.1, 0.15) is 5.75 Å². The molecule has 5 nitrogen and oxygen atoms in total. The molecule has 6 heteroatoms. The number of ether oxygens (including phenoxy) is 2. The molecule has 0 aliphatic heterocycles. The van der Waals surface area contributed by atoms with Gasteiger partial charge in [0, 0.05) is 6.04 Å². The number of nitrogens with one attached hydrogen (secondary N) is 1. The van der Waals surface area contributed by atoms with Gasteiger partial charge in [0.2, 0.25) is 0 Å². The molecule has 1 saturated carbocycles. The van der Waals surface area contributed by atoms with E-state index < -0.39 is 12.1 Å². The minimum atomic E-state index is -0.846. The largest absolute Gasteiger partial charge is 0.480 e. The molecule has 0 heterocycles. The second kappa shape index (κ2) is 8.92. The van der Waals surface area contributed by atoms with Gasteiger partial charge < -0.3 is 14.8 Å². The Bertz CT molecular complexity index is 578. The number of para-hydroxylation sites is 1. The Balaban J connectivity index is 1.76. The summed E-state index contributed by atoms with van der Waals surface area (Å²) in [4.78, 5) is 24.0. The lowest BCUT2D eigenvalue weighted by Crippen LogP contribution is -2.46. The predicted molar refractivity (Wildman–Crippen MR) is 92.1 cm³/mol. The number of halogens is 1. The van der Waals surface area contributed by atoms with Gasteiger partial charge in [-0.3, -0.25) is 4.79 Å². The van der Waals surface area contributed by atoms with Gasteiger partial charge in [0.15, 0.2) is 12.7 Å². The van der Waals surface area contributed by atoms with Gasteiger partial charge in [0.05, 0.1) is 5.02 Å². The number of esters is 1. The van der Waals surface area contributed by atoms with Gasteiger partial charge in [-0.15, -0.1) is 0 Å². The number of hydrogen-bond acceptors (Lipinski definition) is 4. The van der Waals surface area contributed by atoms with Crippen LogP contribution in [0.15, 0.2) is 24.3 Å². The topological polar surface area (TPSA) is 64.6 Å². The van der Waals surface area contributed by atoms with Crippen LogP contribution < -0.4 is 10.1 Å². The van der Waals surface area contributed by atoms with E-state index >= 15 is 0 Å². The Morgan fingerprint density at radius 1 is 1.29 bits per heavy atom. The predicted octanol–water partition coefficient (Wildman–Crippen LogP) is 3.35. The van der Waals surface area contributed by atoms with E-state index in [0.29, 0.717) is 16.7 Å². The lowest BCUT2D eigenvalue weighted by atomic mass is 9.86. The molecule has 0 saturated heterocycles. The summed E-state index contributed by atoms with van der Waals surface area (Å²) in [6.45, 7) is 3.41. The summed E-state index contributed by atoms with van der Waals surface area (Å²) >= 11 is 5.94. The van der Waals surface area contributed by atoms with Crippen molar-refractivity contribution in [2.75, 3.05) is 6.61 Å². The number of carbonyl (C=O) groups is 2. The molecule has 1 N–H and O–H groups in total. The zero-order valence-electron chi connectivity index (χ0n) is 14.1. The number of amides is 1. The molecule has 1 aromatic carbocycles. The van der Waals surface area contributed by atoms with E-state index in [2.05, 4.69) is 12.2 Å². The van der Waals surface area contributed by atoms with Crippen LogP contribution in [0.1, 0.15) is 39.5 Å². The highest BCUT2D eigenvalue weighted by molar-refractivity contribution is 6.32. The molecule has 0 unspecified atom stereocenters. The summed E-state index contributed by atoms with van der Waals surface area (Å²) in [7, 11) is 0. The Kier molecular flexibility index (Phi) is 6.91. The highest BCUT2D eigenvalue weighted by Gasteiger charge is 2.26. The van der Waals surface area contributed by atoms with Crippen LogP contribution in [0.5, 0.6) is 5.75 Å². The summed E-state index contributed by atoms with van der Waals surface area (Å²) in [5, 5.41) is 3.40. The molecule has 132 valence electrons. The number of rotatable bonds is 6. The molecule has 0 spiro atoms. The Hall–Kier alpha value is -1.75. The molecule has 0 aromatic heterocycles. The van der Waals surface area contributed by atoms with Crippen molar-refractivity contribution in [1.29, 1.82) is 0 Å². The van der Waals surface area contributed by atoms with Gasteiger partial charge in [0.25, 0.3) is 5.91 Å². The molecule has 1 fully saturated rings. The first kappa shape index (κ1) is 18.6. The molecular weight excluding hydrogens is 330 g/mol. The average Bonchev–Trinajstić information content (AvgIpc) is 2.56. The number of benzene rings is 1. The normalized spacial score (nSPS) is 21.6. The van der Waals surface area contributed by atoms with Crippen molar-refractivity contribution in [3.05, 3.63) is 29.3 Å². The van der Waals surface area contributed by atoms with Gasteiger partial charge in [-0.25, -0.2) is 4.79 Å².